The molecule has 0 heterocycles. The van der Waals surface area contributed by atoms with Gasteiger partial charge in [0.15, 0.2) is 0 Å². The molecule has 1 nitrogen and oxygen atoms in total. The molecule has 2 aromatic carbocycles. The lowest BCUT2D eigenvalue weighted by atomic mass is 9.83. The van der Waals surface area contributed by atoms with Gasteiger partial charge in [-0.2, -0.15) is 0 Å². The fourth-order valence-corrected chi connectivity index (χ4v) is 2.91. The van der Waals surface area contributed by atoms with E-state index in [4.69, 9.17) is 0 Å². The molecule has 1 atom stereocenters. The van der Waals surface area contributed by atoms with E-state index < -0.39 is 17.2 Å². The molecule has 106 valence electrons. The SMILES string of the molecule is CCC(O)(c1cccc(Br)c1)c1c(F)ccc(Br)c1F. The van der Waals surface area contributed by atoms with Crippen LogP contribution < -0.4 is 0 Å². The summed E-state index contributed by atoms with van der Waals surface area (Å²) < 4.78 is 29.2. The molecule has 1 unspecified atom stereocenters. The van der Waals surface area contributed by atoms with Crippen LogP contribution in [0.15, 0.2) is 45.3 Å². The molecule has 0 bridgehead atoms. The van der Waals surface area contributed by atoms with Crippen LogP contribution in [0.5, 0.6) is 0 Å². The van der Waals surface area contributed by atoms with Crippen molar-refractivity contribution in [3.05, 3.63) is 68.1 Å². The van der Waals surface area contributed by atoms with Gasteiger partial charge in [0, 0.05) is 4.47 Å². The van der Waals surface area contributed by atoms with Crippen LogP contribution >= 0.6 is 31.9 Å². The van der Waals surface area contributed by atoms with Gasteiger partial charge in [0.2, 0.25) is 0 Å². The molecule has 5 heteroatoms. The van der Waals surface area contributed by atoms with Gasteiger partial charge < -0.3 is 5.11 Å². The Morgan fingerprint density at radius 2 is 1.85 bits per heavy atom. The Bertz CT molecular complexity index is 646. The van der Waals surface area contributed by atoms with Crippen LogP contribution in [0.25, 0.3) is 0 Å². The van der Waals surface area contributed by atoms with Crippen LogP contribution in [0.1, 0.15) is 24.5 Å². The zero-order valence-corrected chi connectivity index (χ0v) is 13.8. The first-order valence-corrected chi connectivity index (χ1v) is 7.61. The van der Waals surface area contributed by atoms with Crippen LogP contribution in [0.2, 0.25) is 0 Å². The Labute approximate surface area is 132 Å². The van der Waals surface area contributed by atoms with Crippen molar-refractivity contribution in [1.29, 1.82) is 0 Å². The highest BCUT2D eigenvalue weighted by Gasteiger charge is 2.36. The largest absolute Gasteiger partial charge is 0.380 e. The van der Waals surface area contributed by atoms with Crippen LogP contribution in [0, 0.1) is 11.6 Å². The molecule has 2 aromatic rings. The molecule has 0 saturated heterocycles. The smallest absolute Gasteiger partial charge is 0.146 e. The molecule has 1 N–H and O–H groups in total. The summed E-state index contributed by atoms with van der Waals surface area (Å²) in [6, 6.07) is 9.23. The van der Waals surface area contributed by atoms with Gasteiger partial charge in [0.05, 0.1) is 10.0 Å². The van der Waals surface area contributed by atoms with E-state index in [0.717, 1.165) is 10.5 Å². The Kier molecular flexibility index (Phi) is 4.62. The lowest BCUT2D eigenvalue weighted by molar-refractivity contribution is 0.0681. The molecular formula is C15H12Br2F2O. The van der Waals surface area contributed by atoms with Crippen LogP contribution in [0.3, 0.4) is 0 Å². The second kappa shape index (κ2) is 5.92. The molecule has 0 saturated carbocycles. The summed E-state index contributed by atoms with van der Waals surface area (Å²) in [4.78, 5) is 0. The Morgan fingerprint density at radius 1 is 1.15 bits per heavy atom. The second-order valence-electron chi connectivity index (χ2n) is 4.44. The summed E-state index contributed by atoms with van der Waals surface area (Å²) in [7, 11) is 0. The topological polar surface area (TPSA) is 20.2 Å². The van der Waals surface area contributed by atoms with Crippen molar-refractivity contribution in [2.75, 3.05) is 0 Å². The maximum absolute atomic E-state index is 14.3. The number of rotatable bonds is 3. The normalized spacial score (nSPS) is 14.1. The van der Waals surface area contributed by atoms with Gasteiger partial charge in [-0.3, -0.25) is 0 Å². The molecule has 0 spiro atoms. The number of aliphatic hydroxyl groups is 1. The standard InChI is InChI=1S/C15H12Br2F2O/c1-2-15(20,9-4-3-5-10(16)8-9)13-12(18)7-6-11(17)14(13)19/h3-8,20H,2H2,1H3. The maximum Gasteiger partial charge on any atom is 0.146 e. The maximum atomic E-state index is 14.3. The predicted molar refractivity (Wildman–Crippen MR) is 81.5 cm³/mol. The van der Waals surface area contributed by atoms with E-state index in [1.54, 1.807) is 31.2 Å². The van der Waals surface area contributed by atoms with Crippen molar-refractivity contribution >= 4 is 31.9 Å². The van der Waals surface area contributed by atoms with E-state index in [0.29, 0.717) is 5.56 Å². The minimum atomic E-state index is -1.72. The van der Waals surface area contributed by atoms with Gasteiger partial charge in [-0.05, 0) is 52.2 Å². The van der Waals surface area contributed by atoms with E-state index >= 15 is 0 Å². The zero-order valence-electron chi connectivity index (χ0n) is 10.6. The van der Waals surface area contributed by atoms with Crippen molar-refractivity contribution in [3.63, 3.8) is 0 Å². The first kappa shape index (κ1) is 15.6. The molecule has 20 heavy (non-hydrogen) atoms. The summed E-state index contributed by atoms with van der Waals surface area (Å²) in [5, 5.41) is 10.9. The third kappa shape index (κ3) is 2.67. The molecule has 0 fully saturated rings. The lowest BCUT2D eigenvalue weighted by Gasteiger charge is -2.29. The highest BCUT2D eigenvalue weighted by molar-refractivity contribution is 9.10. The van der Waals surface area contributed by atoms with Crippen molar-refractivity contribution in [1.82, 2.24) is 0 Å². The van der Waals surface area contributed by atoms with E-state index in [9.17, 15) is 13.9 Å². The molecule has 0 radical (unpaired) electrons. The van der Waals surface area contributed by atoms with Gasteiger partial charge in [0.1, 0.15) is 17.2 Å². The number of hydrogen-bond acceptors (Lipinski definition) is 1. The fourth-order valence-electron chi connectivity index (χ4n) is 2.18. The summed E-state index contributed by atoms with van der Waals surface area (Å²) in [5.74, 6) is -1.55. The van der Waals surface area contributed by atoms with E-state index in [1.807, 2.05) is 0 Å². The minimum Gasteiger partial charge on any atom is -0.380 e. The average molecular weight is 406 g/mol. The van der Waals surface area contributed by atoms with Crippen molar-refractivity contribution < 1.29 is 13.9 Å². The first-order chi connectivity index (χ1) is 9.40. The van der Waals surface area contributed by atoms with Gasteiger partial charge in [-0.15, -0.1) is 0 Å². The van der Waals surface area contributed by atoms with Crippen LogP contribution in [0.4, 0.5) is 8.78 Å². The number of benzene rings is 2. The molecule has 0 amide bonds. The summed E-state index contributed by atoms with van der Waals surface area (Å²) in [6.45, 7) is 1.68. The van der Waals surface area contributed by atoms with Gasteiger partial charge in [0.25, 0.3) is 0 Å². The molecule has 2 rings (SSSR count). The number of hydrogen-bond donors (Lipinski definition) is 1. The van der Waals surface area contributed by atoms with Crippen LogP contribution in [-0.2, 0) is 5.60 Å². The van der Waals surface area contributed by atoms with E-state index in [-0.39, 0.29) is 16.5 Å². The quantitative estimate of drug-likeness (QED) is 0.701. The van der Waals surface area contributed by atoms with Gasteiger partial charge >= 0.3 is 0 Å². The van der Waals surface area contributed by atoms with E-state index in [2.05, 4.69) is 31.9 Å². The van der Waals surface area contributed by atoms with Gasteiger partial charge in [-0.1, -0.05) is 35.0 Å². The number of halogens is 4. The molecule has 0 aliphatic carbocycles. The zero-order chi connectivity index (χ0) is 14.9. The van der Waals surface area contributed by atoms with Gasteiger partial charge in [-0.25, -0.2) is 8.78 Å². The second-order valence-corrected chi connectivity index (χ2v) is 6.21. The van der Waals surface area contributed by atoms with Crippen molar-refractivity contribution in [3.8, 4) is 0 Å². The predicted octanol–water partition coefficient (Wildman–Crippen LogP) is 5.14. The van der Waals surface area contributed by atoms with E-state index in [1.165, 1.54) is 6.07 Å². The minimum absolute atomic E-state index is 0.121. The molecule has 0 aliphatic rings. The first-order valence-electron chi connectivity index (χ1n) is 6.02. The Morgan fingerprint density at radius 3 is 2.45 bits per heavy atom. The summed E-state index contributed by atoms with van der Waals surface area (Å²) in [5.41, 5.74) is -1.63. The monoisotopic (exact) mass is 404 g/mol. The summed E-state index contributed by atoms with van der Waals surface area (Å²) in [6.07, 6.45) is 0.147. The van der Waals surface area contributed by atoms with Crippen molar-refractivity contribution in [2.24, 2.45) is 0 Å². The third-order valence-electron chi connectivity index (χ3n) is 3.27. The highest BCUT2D eigenvalue weighted by Crippen LogP contribution is 2.38. The highest BCUT2D eigenvalue weighted by atomic mass is 79.9. The van der Waals surface area contributed by atoms with Crippen molar-refractivity contribution in [2.45, 2.75) is 18.9 Å². The fraction of sp³-hybridized carbons (Fsp3) is 0.200. The Balaban J connectivity index is 2.71. The Hall–Kier alpha value is -0.780. The average Bonchev–Trinajstić information content (AvgIpc) is 2.43. The molecule has 0 aromatic heterocycles. The lowest BCUT2D eigenvalue weighted by Crippen LogP contribution is -2.29. The third-order valence-corrected chi connectivity index (χ3v) is 4.38. The molecular weight excluding hydrogens is 394 g/mol. The molecule has 0 aliphatic heterocycles. The van der Waals surface area contributed by atoms with Crippen LogP contribution in [-0.4, -0.2) is 5.11 Å². The summed E-state index contributed by atoms with van der Waals surface area (Å²) >= 11 is 6.33.